The average molecular weight is 277 g/mol. The van der Waals surface area contributed by atoms with E-state index in [1.165, 1.54) is 12.1 Å². The molecule has 0 saturated heterocycles. The molecule has 0 fully saturated rings. The number of carboxylic acids is 1. The number of hydrogen-bond donors (Lipinski definition) is 4. The molecule has 0 heterocycles. The number of hydrogen-bond acceptors (Lipinski definition) is 3. The number of carbonyl (C=O) groups excluding carboxylic acids is 1. The van der Waals surface area contributed by atoms with Crippen molar-refractivity contribution in [3.8, 4) is 0 Å². The molecule has 4 N–H and O–H groups in total. The van der Waals surface area contributed by atoms with Crippen LogP contribution >= 0.6 is 11.6 Å². The van der Waals surface area contributed by atoms with Crippen molar-refractivity contribution in [3.63, 3.8) is 0 Å². The number of amides is 2. The summed E-state index contributed by atoms with van der Waals surface area (Å²) in [6.45, 7) is -0.743. The van der Waals surface area contributed by atoms with Crippen LogP contribution in [0.2, 0.25) is 5.02 Å². The molecule has 0 unspecified atom stereocenters. The number of anilines is 1. The van der Waals surface area contributed by atoms with Gasteiger partial charge in [0.2, 0.25) is 0 Å². The number of aliphatic hydroxyl groups is 1. The van der Waals surface area contributed by atoms with Gasteiger partial charge in [0.05, 0.1) is 11.6 Å². The molecule has 1 aromatic rings. The molecule has 0 saturated carbocycles. The Labute approximate surface area is 106 Å². The summed E-state index contributed by atoms with van der Waals surface area (Å²) in [5, 5.41) is 21.4. The highest BCUT2D eigenvalue weighted by molar-refractivity contribution is 6.31. The highest BCUT2D eigenvalue weighted by Gasteiger charge is 2.18. The summed E-state index contributed by atoms with van der Waals surface area (Å²) in [6.07, 6.45) is 0. The Morgan fingerprint density at radius 3 is 2.61 bits per heavy atom. The van der Waals surface area contributed by atoms with E-state index in [0.29, 0.717) is 0 Å². The molecule has 1 rings (SSSR count). The second-order valence-electron chi connectivity index (χ2n) is 3.30. The van der Waals surface area contributed by atoms with Crippen molar-refractivity contribution in [3.05, 3.63) is 29.0 Å². The maximum atomic E-state index is 12.8. The number of halogens is 2. The number of carboxylic acid groups (broad SMARTS) is 1. The van der Waals surface area contributed by atoms with E-state index in [-0.39, 0.29) is 10.7 Å². The fourth-order valence-corrected chi connectivity index (χ4v) is 1.27. The van der Waals surface area contributed by atoms with Crippen molar-refractivity contribution in [2.24, 2.45) is 0 Å². The minimum absolute atomic E-state index is 0.176. The first-order chi connectivity index (χ1) is 8.43. The SMILES string of the molecule is O=C(Nc1ccc(F)c(Cl)c1)N[C@@H](CO)C(=O)O. The van der Waals surface area contributed by atoms with E-state index in [1.807, 2.05) is 5.32 Å². The smallest absolute Gasteiger partial charge is 0.328 e. The minimum atomic E-state index is -1.42. The van der Waals surface area contributed by atoms with Crippen molar-refractivity contribution in [2.75, 3.05) is 11.9 Å². The quantitative estimate of drug-likeness (QED) is 0.660. The van der Waals surface area contributed by atoms with E-state index in [4.69, 9.17) is 21.8 Å². The van der Waals surface area contributed by atoms with Gasteiger partial charge in [0.1, 0.15) is 5.82 Å². The topological polar surface area (TPSA) is 98.7 Å². The number of rotatable bonds is 4. The molecule has 6 nitrogen and oxygen atoms in total. The molecule has 0 aromatic heterocycles. The van der Waals surface area contributed by atoms with E-state index < -0.39 is 30.5 Å². The second kappa shape index (κ2) is 6.18. The summed E-state index contributed by atoms with van der Waals surface area (Å²) >= 11 is 5.50. The van der Waals surface area contributed by atoms with Gasteiger partial charge in [-0.1, -0.05) is 11.6 Å². The minimum Gasteiger partial charge on any atom is -0.480 e. The number of carbonyl (C=O) groups is 2. The molecule has 0 aliphatic rings. The number of aliphatic hydroxyl groups excluding tert-OH is 1. The summed E-state index contributed by atoms with van der Waals surface area (Å²) in [7, 11) is 0. The highest BCUT2D eigenvalue weighted by atomic mass is 35.5. The molecule has 0 aliphatic heterocycles. The number of urea groups is 1. The van der Waals surface area contributed by atoms with Gasteiger partial charge in [-0.15, -0.1) is 0 Å². The molecule has 18 heavy (non-hydrogen) atoms. The summed E-state index contributed by atoms with van der Waals surface area (Å²) in [5.74, 6) is -2.01. The van der Waals surface area contributed by atoms with Crippen LogP contribution in [0.25, 0.3) is 0 Å². The first kappa shape index (κ1) is 14.2. The van der Waals surface area contributed by atoms with Gasteiger partial charge in [0, 0.05) is 5.69 Å². The van der Waals surface area contributed by atoms with Crippen molar-refractivity contribution in [2.45, 2.75) is 6.04 Å². The fourth-order valence-electron chi connectivity index (χ4n) is 1.08. The van der Waals surface area contributed by atoms with Gasteiger partial charge < -0.3 is 20.8 Å². The summed E-state index contributed by atoms with van der Waals surface area (Å²) in [5.41, 5.74) is 0.195. The summed E-state index contributed by atoms with van der Waals surface area (Å²) in [6, 6.07) is 1.22. The molecule has 8 heteroatoms. The molecule has 2 amide bonds. The lowest BCUT2D eigenvalue weighted by molar-refractivity contribution is -0.140. The van der Waals surface area contributed by atoms with E-state index in [9.17, 15) is 14.0 Å². The Morgan fingerprint density at radius 2 is 2.11 bits per heavy atom. The summed E-state index contributed by atoms with van der Waals surface area (Å²) in [4.78, 5) is 21.9. The fraction of sp³-hybridized carbons (Fsp3) is 0.200. The maximum Gasteiger partial charge on any atom is 0.328 e. The molecule has 0 spiro atoms. The number of aliphatic carboxylic acids is 1. The van der Waals surface area contributed by atoms with Crippen molar-refractivity contribution < 1.29 is 24.2 Å². The van der Waals surface area contributed by atoms with Gasteiger partial charge >= 0.3 is 12.0 Å². The first-order valence-electron chi connectivity index (χ1n) is 4.80. The van der Waals surface area contributed by atoms with E-state index in [0.717, 1.165) is 6.07 Å². The van der Waals surface area contributed by atoms with Gasteiger partial charge in [-0.25, -0.2) is 14.0 Å². The predicted octanol–water partition coefficient (Wildman–Crippen LogP) is 1.05. The lowest BCUT2D eigenvalue weighted by atomic mass is 10.3. The molecule has 0 bridgehead atoms. The monoisotopic (exact) mass is 276 g/mol. The Hall–Kier alpha value is -1.86. The van der Waals surface area contributed by atoms with Crippen molar-refractivity contribution in [1.82, 2.24) is 5.32 Å². The summed E-state index contributed by atoms with van der Waals surface area (Å²) < 4.78 is 12.8. The van der Waals surface area contributed by atoms with Crippen LogP contribution in [-0.4, -0.2) is 34.9 Å². The molecule has 98 valence electrons. The zero-order valence-electron chi connectivity index (χ0n) is 8.98. The Morgan fingerprint density at radius 1 is 1.44 bits per heavy atom. The molecule has 0 radical (unpaired) electrons. The molecular formula is C10H10ClFN2O4. The molecule has 0 aliphatic carbocycles. The lowest BCUT2D eigenvalue weighted by Crippen LogP contribution is -2.45. The van der Waals surface area contributed by atoms with Crippen LogP contribution in [0.15, 0.2) is 18.2 Å². The highest BCUT2D eigenvalue weighted by Crippen LogP contribution is 2.19. The van der Waals surface area contributed by atoms with Crippen molar-refractivity contribution >= 4 is 29.3 Å². The van der Waals surface area contributed by atoms with Gasteiger partial charge in [-0.3, -0.25) is 0 Å². The van der Waals surface area contributed by atoms with Crippen molar-refractivity contribution in [1.29, 1.82) is 0 Å². The molecule has 1 atom stereocenters. The van der Waals surface area contributed by atoms with Gasteiger partial charge in [-0.2, -0.15) is 0 Å². The number of nitrogens with one attached hydrogen (secondary N) is 2. The third-order valence-corrected chi connectivity index (χ3v) is 2.25. The van der Waals surface area contributed by atoms with Gasteiger partial charge in [0.25, 0.3) is 0 Å². The third kappa shape index (κ3) is 3.86. The largest absolute Gasteiger partial charge is 0.480 e. The maximum absolute atomic E-state index is 12.8. The number of benzene rings is 1. The van der Waals surface area contributed by atoms with Crippen LogP contribution in [0.3, 0.4) is 0 Å². The Bertz CT molecular complexity index is 469. The lowest BCUT2D eigenvalue weighted by Gasteiger charge is -2.12. The molecule has 1 aromatic carbocycles. The average Bonchev–Trinajstić information content (AvgIpc) is 2.30. The van der Waals surface area contributed by atoms with Crippen LogP contribution in [0.1, 0.15) is 0 Å². The Kier molecular flexibility index (Phi) is 4.87. The van der Waals surface area contributed by atoms with Gasteiger partial charge in [0.15, 0.2) is 6.04 Å². The normalized spacial score (nSPS) is 11.7. The first-order valence-corrected chi connectivity index (χ1v) is 5.18. The van der Waals surface area contributed by atoms with Crippen LogP contribution in [-0.2, 0) is 4.79 Å². The second-order valence-corrected chi connectivity index (χ2v) is 3.71. The van der Waals surface area contributed by atoms with Crippen LogP contribution in [0.5, 0.6) is 0 Å². The molecular weight excluding hydrogens is 267 g/mol. The third-order valence-electron chi connectivity index (χ3n) is 1.96. The van der Waals surface area contributed by atoms with E-state index in [1.54, 1.807) is 0 Å². The Balaban J connectivity index is 2.64. The predicted molar refractivity (Wildman–Crippen MR) is 62.1 cm³/mol. The van der Waals surface area contributed by atoms with Crippen LogP contribution in [0.4, 0.5) is 14.9 Å². The van der Waals surface area contributed by atoms with E-state index >= 15 is 0 Å². The van der Waals surface area contributed by atoms with E-state index in [2.05, 4.69) is 5.32 Å². The zero-order valence-corrected chi connectivity index (χ0v) is 9.74. The van der Waals surface area contributed by atoms with Gasteiger partial charge in [-0.05, 0) is 18.2 Å². The van der Waals surface area contributed by atoms with Crippen LogP contribution in [0, 0.1) is 5.82 Å². The van der Waals surface area contributed by atoms with Crippen LogP contribution < -0.4 is 10.6 Å². The standard InChI is InChI=1S/C10H10ClFN2O4/c11-6-3-5(1-2-7(6)12)13-10(18)14-8(4-15)9(16)17/h1-3,8,15H,4H2,(H,16,17)(H2,13,14,18)/t8-/m0/s1. The zero-order chi connectivity index (χ0) is 13.7.